The van der Waals surface area contributed by atoms with Gasteiger partial charge in [-0.2, -0.15) is 0 Å². The van der Waals surface area contributed by atoms with Crippen LogP contribution >= 0.6 is 0 Å². The third-order valence-electron chi connectivity index (χ3n) is 4.50. The van der Waals surface area contributed by atoms with Crippen LogP contribution in [0.25, 0.3) is 10.9 Å². The number of aromatic nitrogens is 2. The third-order valence-corrected chi connectivity index (χ3v) is 4.50. The average Bonchev–Trinajstić information content (AvgIpc) is 3.17. The normalized spacial score (nSPS) is 19.3. The summed E-state index contributed by atoms with van der Waals surface area (Å²) in [5, 5.41) is 1.35. The Morgan fingerprint density at radius 2 is 2.14 bits per heavy atom. The monoisotopic (exact) mass is 277 g/mol. The lowest BCUT2D eigenvalue weighted by atomic mass is 10.0. The molecule has 3 aromatic rings. The van der Waals surface area contributed by atoms with Crippen molar-refractivity contribution in [3.8, 4) is 0 Å². The zero-order valence-corrected chi connectivity index (χ0v) is 12.0. The molecular formula is C18H19N3. The lowest BCUT2D eigenvalue weighted by Crippen LogP contribution is -2.19. The number of pyridine rings is 1. The van der Waals surface area contributed by atoms with Crippen molar-refractivity contribution < 1.29 is 0 Å². The maximum absolute atomic E-state index is 4.25. The molecule has 2 aromatic heterocycles. The van der Waals surface area contributed by atoms with Gasteiger partial charge in [0, 0.05) is 42.6 Å². The number of fused-ring (bicyclic) bond motifs is 1. The van der Waals surface area contributed by atoms with E-state index < -0.39 is 0 Å². The van der Waals surface area contributed by atoms with Crippen LogP contribution in [0, 0.1) is 0 Å². The zero-order valence-electron chi connectivity index (χ0n) is 12.0. The van der Waals surface area contributed by atoms with Crippen molar-refractivity contribution >= 4 is 10.9 Å². The molecule has 4 rings (SSSR count). The molecule has 1 aliphatic rings. The minimum absolute atomic E-state index is 0.629. The standard InChI is InChI=1S/C18H19N3/c1-2-6-18-17(5-1)16(11-20-18)13-21-9-7-15(12-21)14-4-3-8-19-10-14/h1-6,8,10-11,15,20H,7,9,12-13H2. The molecule has 3 heteroatoms. The Kier molecular flexibility index (Phi) is 3.20. The first-order chi connectivity index (χ1) is 10.4. The van der Waals surface area contributed by atoms with Gasteiger partial charge in [0.25, 0.3) is 0 Å². The van der Waals surface area contributed by atoms with E-state index in [4.69, 9.17) is 0 Å². The van der Waals surface area contributed by atoms with E-state index in [1.807, 2.05) is 18.5 Å². The molecule has 1 aromatic carbocycles. The molecule has 3 heterocycles. The molecule has 0 radical (unpaired) electrons. The van der Waals surface area contributed by atoms with Crippen LogP contribution in [-0.2, 0) is 6.54 Å². The number of nitrogens with zero attached hydrogens (tertiary/aromatic N) is 2. The fraction of sp³-hybridized carbons (Fsp3) is 0.278. The first-order valence-electron chi connectivity index (χ1n) is 7.57. The molecule has 0 spiro atoms. The molecule has 1 fully saturated rings. The fourth-order valence-electron chi connectivity index (χ4n) is 3.37. The second-order valence-corrected chi connectivity index (χ2v) is 5.87. The Hall–Kier alpha value is -2.13. The number of para-hydroxylation sites is 1. The molecule has 1 saturated heterocycles. The maximum Gasteiger partial charge on any atom is 0.0457 e. The Bertz CT molecular complexity index is 732. The van der Waals surface area contributed by atoms with Gasteiger partial charge in [-0.1, -0.05) is 24.3 Å². The maximum atomic E-state index is 4.25. The van der Waals surface area contributed by atoms with Crippen LogP contribution in [0.15, 0.2) is 55.0 Å². The van der Waals surface area contributed by atoms with E-state index in [0.29, 0.717) is 5.92 Å². The molecule has 0 amide bonds. The molecular weight excluding hydrogens is 258 g/mol. The first-order valence-corrected chi connectivity index (χ1v) is 7.57. The van der Waals surface area contributed by atoms with E-state index in [9.17, 15) is 0 Å². The van der Waals surface area contributed by atoms with Crippen LogP contribution in [-0.4, -0.2) is 28.0 Å². The van der Waals surface area contributed by atoms with Crippen molar-refractivity contribution in [3.63, 3.8) is 0 Å². The zero-order chi connectivity index (χ0) is 14.1. The molecule has 3 nitrogen and oxygen atoms in total. The molecule has 106 valence electrons. The molecule has 1 N–H and O–H groups in total. The number of benzene rings is 1. The van der Waals surface area contributed by atoms with Crippen molar-refractivity contribution in [2.24, 2.45) is 0 Å². The van der Waals surface area contributed by atoms with Crippen LogP contribution in [0.5, 0.6) is 0 Å². The number of H-pyrrole nitrogens is 1. The lowest BCUT2D eigenvalue weighted by molar-refractivity contribution is 0.328. The second-order valence-electron chi connectivity index (χ2n) is 5.87. The van der Waals surface area contributed by atoms with Gasteiger partial charge in [0.2, 0.25) is 0 Å². The minimum atomic E-state index is 0.629. The van der Waals surface area contributed by atoms with Gasteiger partial charge in [-0.3, -0.25) is 9.88 Å². The molecule has 1 unspecified atom stereocenters. The highest BCUT2D eigenvalue weighted by atomic mass is 15.1. The van der Waals surface area contributed by atoms with E-state index in [1.54, 1.807) is 0 Å². The van der Waals surface area contributed by atoms with Crippen LogP contribution in [0.3, 0.4) is 0 Å². The summed E-state index contributed by atoms with van der Waals surface area (Å²) >= 11 is 0. The first kappa shape index (κ1) is 12.6. The van der Waals surface area contributed by atoms with Gasteiger partial charge in [-0.15, -0.1) is 0 Å². The number of aromatic amines is 1. The molecule has 0 aliphatic carbocycles. The van der Waals surface area contributed by atoms with Crippen molar-refractivity contribution in [1.82, 2.24) is 14.9 Å². The summed E-state index contributed by atoms with van der Waals surface area (Å²) in [6.45, 7) is 3.32. The summed E-state index contributed by atoms with van der Waals surface area (Å²) in [5.41, 5.74) is 4.01. The Morgan fingerprint density at radius 1 is 1.19 bits per heavy atom. The summed E-state index contributed by atoms with van der Waals surface area (Å²) < 4.78 is 0. The van der Waals surface area contributed by atoms with E-state index in [2.05, 4.69) is 51.4 Å². The van der Waals surface area contributed by atoms with E-state index in [-0.39, 0.29) is 0 Å². The highest BCUT2D eigenvalue weighted by Crippen LogP contribution is 2.28. The van der Waals surface area contributed by atoms with Gasteiger partial charge in [0.1, 0.15) is 0 Å². The SMILES string of the molecule is c1cncc(C2CCN(Cc3c[nH]c4ccccc34)C2)c1. The van der Waals surface area contributed by atoms with Crippen molar-refractivity contribution in [1.29, 1.82) is 0 Å². The molecule has 0 saturated carbocycles. The summed E-state index contributed by atoms with van der Waals surface area (Å²) in [4.78, 5) is 10.2. The van der Waals surface area contributed by atoms with Crippen LogP contribution in [0.2, 0.25) is 0 Å². The van der Waals surface area contributed by atoms with E-state index in [0.717, 1.165) is 13.1 Å². The van der Waals surface area contributed by atoms with Crippen LogP contribution in [0.1, 0.15) is 23.5 Å². The van der Waals surface area contributed by atoms with Crippen molar-refractivity contribution in [3.05, 3.63) is 66.1 Å². The molecule has 1 atom stereocenters. The largest absolute Gasteiger partial charge is 0.361 e. The van der Waals surface area contributed by atoms with Gasteiger partial charge in [-0.25, -0.2) is 0 Å². The highest BCUT2D eigenvalue weighted by molar-refractivity contribution is 5.82. The number of hydrogen-bond acceptors (Lipinski definition) is 2. The predicted molar refractivity (Wildman–Crippen MR) is 85.2 cm³/mol. The second kappa shape index (κ2) is 5.34. The van der Waals surface area contributed by atoms with Gasteiger partial charge in [0.15, 0.2) is 0 Å². The van der Waals surface area contributed by atoms with Gasteiger partial charge >= 0.3 is 0 Å². The van der Waals surface area contributed by atoms with E-state index in [1.165, 1.54) is 35.0 Å². The summed E-state index contributed by atoms with van der Waals surface area (Å²) in [6, 6.07) is 12.8. The Balaban J connectivity index is 1.49. The smallest absolute Gasteiger partial charge is 0.0457 e. The topological polar surface area (TPSA) is 31.9 Å². The van der Waals surface area contributed by atoms with Crippen molar-refractivity contribution in [2.45, 2.75) is 18.9 Å². The Morgan fingerprint density at radius 3 is 3.05 bits per heavy atom. The molecule has 0 bridgehead atoms. The molecule has 21 heavy (non-hydrogen) atoms. The fourth-order valence-corrected chi connectivity index (χ4v) is 3.37. The summed E-state index contributed by atoms with van der Waals surface area (Å²) in [7, 11) is 0. The average molecular weight is 277 g/mol. The van der Waals surface area contributed by atoms with E-state index >= 15 is 0 Å². The summed E-state index contributed by atoms with van der Waals surface area (Å²) in [6.07, 6.45) is 7.25. The minimum Gasteiger partial charge on any atom is -0.361 e. The third kappa shape index (κ3) is 2.45. The highest BCUT2D eigenvalue weighted by Gasteiger charge is 2.24. The quantitative estimate of drug-likeness (QED) is 0.794. The molecule has 1 aliphatic heterocycles. The summed E-state index contributed by atoms with van der Waals surface area (Å²) in [5.74, 6) is 0.629. The van der Waals surface area contributed by atoms with Crippen LogP contribution < -0.4 is 0 Å². The lowest BCUT2D eigenvalue weighted by Gasteiger charge is -2.15. The van der Waals surface area contributed by atoms with Gasteiger partial charge in [-0.05, 0) is 42.1 Å². The van der Waals surface area contributed by atoms with Crippen LogP contribution in [0.4, 0.5) is 0 Å². The van der Waals surface area contributed by atoms with Gasteiger partial charge < -0.3 is 4.98 Å². The number of rotatable bonds is 3. The van der Waals surface area contributed by atoms with Crippen molar-refractivity contribution in [2.75, 3.05) is 13.1 Å². The number of hydrogen-bond donors (Lipinski definition) is 1. The van der Waals surface area contributed by atoms with Gasteiger partial charge in [0.05, 0.1) is 0 Å². The number of likely N-dealkylation sites (tertiary alicyclic amines) is 1. The Labute approximate surface area is 124 Å². The number of nitrogens with one attached hydrogen (secondary N) is 1. The predicted octanol–water partition coefficient (Wildman–Crippen LogP) is 3.55.